The van der Waals surface area contributed by atoms with E-state index in [2.05, 4.69) is 53.1 Å². The van der Waals surface area contributed by atoms with Gasteiger partial charge in [-0.2, -0.15) is 0 Å². The number of rotatable bonds is 0. The molecule has 0 unspecified atom stereocenters. The lowest BCUT2D eigenvalue weighted by atomic mass is 10.1. The van der Waals surface area contributed by atoms with Gasteiger partial charge in [-0.1, -0.05) is 36.4 Å². The Kier molecular flexibility index (Phi) is 1.46. The molecular formula is C15H12N+. The number of benzene rings is 2. The molecule has 2 aliphatic rings. The smallest absolute Gasteiger partial charge is 0.216 e. The van der Waals surface area contributed by atoms with Gasteiger partial charge in [-0.05, 0) is 23.3 Å². The van der Waals surface area contributed by atoms with Crippen molar-refractivity contribution in [1.29, 1.82) is 0 Å². The topological polar surface area (TPSA) is 3.01 Å². The molecule has 0 N–H and O–H groups in total. The SMILES string of the molecule is c1ccc2c(c1)C(=[N+]1CC1)c1ccccc1-2. The highest BCUT2D eigenvalue weighted by molar-refractivity contribution is 6.22. The van der Waals surface area contributed by atoms with Crippen LogP contribution in [0.25, 0.3) is 11.1 Å². The van der Waals surface area contributed by atoms with E-state index in [1.54, 1.807) is 0 Å². The van der Waals surface area contributed by atoms with Crippen LogP contribution in [0.4, 0.5) is 0 Å². The van der Waals surface area contributed by atoms with Crippen LogP contribution in [0.3, 0.4) is 0 Å². The Morgan fingerprint density at radius 2 is 1.06 bits per heavy atom. The van der Waals surface area contributed by atoms with E-state index in [4.69, 9.17) is 0 Å². The molecular weight excluding hydrogens is 194 g/mol. The summed E-state index contributed by atoms with van der Waals surface area (Å²) in [4.78, 5) is 0. The van der Waals surface area contributed by atoms with Gasteiger partial charge in [0.2, 0.25) is 18.8 Å². The number of hydrogen-bond acceptors (Lipinski definition) is 0. The van der Waals surface area contributed by atoms with E-state index in [9.17, 15) is 0 Å². The zero-order valence-electron chi connectivity index (χ0n) is 8.98. The summed E-state index contributed by atoms with van der Waals surface area (Å²) < 4.78 is 2.45. The zero-order chi connectivity index (χ0) is 10.5. The molecule has 76 valence electrons. The van der Waals surface area contributed by atoms with Gasteiger partial charge < -0.3 is 0 Å². The molecule has 0 bridgehead atoms. The molecule has 0 saturated carbocycles. The highest BCUT2D eigenvalue weighted by Crippen LogP contribution is 2.37. The van der Waals surface area contributed by atoms with Crippen molar-refractivity contribution >= 4 is 5.71 Å². The summed E-state index contributed by atoms with van der Waals surface area (Å²) in [5.74, 6) is 0. The van der Waals surface area contributed by atoms with Crippen molar-refractivity contribution in [2.75, 3.05) is 13.1 Å². The van der Waals surface area contributed by atoms with Crippen LogP contribution in [0.1, 0.15) is 11.1 Å². The number of nitrogens with zero attached hydrogens (tertiary/aromatic N) is 1. The van der Waals surface area contributed by atoms with Gasteiger partial charge in [-0.25, -0.2) is 4.58 Å². The van der Waals surface area contributed by atoms with Crippen molar-refractivity contribution in [3.63, 3.8) is 0 Å². The van der Waals surface area contributed by atoms with Crippen molar-refractivity contribution in [3.8, 4) is 11.1 Å². The molecule has 2 aromatic carbocycles. The van der Waals surface area contributed by atoms with Crippen LogP contribution in [0.15, 0.2) is 48.5 Å². The van der Waals surface area contributed by atoms with Crippen molar-refractivity contribution in [1.82, 2.24) is 0 Å². The maximum Gasteiger partial charge on any atom is 0.216 e. The summed E-state index contributed by atoms with van der Waals surface area (Å²) in [5, 5.41) is 0. The summed E-state index contributed by atoms with van der Waals surface area (Å²) >= 11 is 0. The van der Waals surface area contributed by atoms with Gasteiger partial charge in [0, 0.05) is 0 Å². The van der Waals surface area contributed by atoms with Crippen LogP contribution < -0.4 is 0 Å². The third-order valence-electron chi connectivity index (χ3n) is 3.42. The van der Waals surface area contributed by atoms with Gasteiger partial charge in [0.05, 0.1) is 11.1 Å². The molecule has 1 heterocycles. The second-order valence-electron chi connectivity index (χ2n) is 4.43. The molecule has 0 atom stereocenters. The Morgan fingerprint density at radius 1 is 0.625 bits per heavy atom. The normalized spacial score (nSPS) is 16.0. The molecule has 1 nitrogen and oxygen atoms in total. The summed E-state index contributed by atoms with van der Waals surface area (Å²) in [5.41, 5.74) is 7.02. The molecule has 0 radical (unpaired) electrons. The first kappa shape index (κ1) is 8.28. The van der Waals surface area contributed by atoms with Gasteiger partial charge in [0.1, 0.15) is 0 Å². The predicted octanol–water partition coefficient (Wildman–Crippen LogP) is 2.53. The lowest BCUT2D eigenvalue weighted by Crippen LogP contribution is -2.04. The van der Waals surface area contributed by atoms with Gasteiger partial charge in [0.25, 0.3) is 0 Å². The van der Waals surface area contributed by atoms with Crippen LogP contribution in [-0.4, -0.2) is 23.4 Å². The second kappa shape index (κ2) is 2.82. The van der Waals surface area contributed by atoms with Gasteiger partial charge >= 0.3 is 0 Å². The fourth-order valence-corrected chi connectivity index (χ4v) is 2.61. The largest absolute Gasteiger partial charge is 0.216 e. The summed E-state index contributed by atoms with van der Waals surface area (Å²) in [7, 11) is 0. The van der Waals surface area contributed by atoms with Gasteiger partial charge in [-0.3, -0.25) is 0 Å². The average Bonchev–Trinajstić information content (AvgIpc) is 3.11. The maximum atomic E-state index is 2.45. The van der Waals surface area contributed by atoms with Crippen LogP contribution >= 0.6 is 0 Å². The molecule has 1 fully saturated rings. The van der Waals surface area contributed by atoms with E-state index < -0.39 is 0 Å². The minimum absolute atomic E-state index is 1.21. The van der Waals surface area contributed by atoms with E-state index in [0.717, 1.165) is 0 Å². The standard InChI is InChI=1S/C15H12N/c1-3-7-13-11(5-1)12-6-2-4-8-14(12)15(13)16-9-10-16/h1-8H,9-10H2/q+1. The summed E-state index contributed by atoms with van der Waals surface area (Å²) in [6, 6.07) is 17.4. The molecule has 4 rings (SSSR count). The van der Waals surface area contributed by atoms with E-state index >= 15 is 0 Å². The van der Waals surface area contributed by atoms with Crippen molar-refractivity contribution in [2.24, 2.45) is 0 Å². The third-order valence-corrected chi connectivity index (χ3v) is 3.42. The first-order valence-electron chi connectivity index (χ1n) is 5.76. The van der Waals surface area contributed by atoms with Gasteiger partial charge in [-0.15, -0.1) is 0 Å². The van der Waals surface area contributed by atoms with E-state index in [1.165, 1.54) is 41.1 Å². The molecule has 2 aromatic rings. The van der Waals surface area contributed by atoms with Crippen LogP contribution in [0, 0.1) is 0 Å². The number of fused-ring (bicyclic) bond motifs is 3. The molecule has 0 spiro atoms. The second-order valence-corrected chi connectivity index (χ2v) is 4.43. The van der Waals surface area contributed by atoms with Crippen molar-refractivity contribution < 1.29 is 4.58 Å². The lowest BCUT2D eigenvalue weighted by molar-refractivity contribution is -0.334. The molecule has 1 aliphatic carbocycles. The summed E-state index contributed by atoms with van der Waals surface area (Å²) in [6.07, 6.45) is 0. The first-order chi connectivity index (χ1) is 7.95. The highest BCUT2D eigenvalue weighted by atomic mass is 15.2. The molecule has 0 amide bonds. The third kappa shape index (κ3) is 0.977. The fourth-order valence-electron chi connectivity index (χ4n) is 2.61. The molecule has 0 aromatic heterocycles. The number of hydrogen-bond donors (Lipinski definition) is 0. The first-order valence-corrected chi connectivity index (χ1v) is 5.76. The lowest BCUT2D eigenvalue weighted by Gasteiger charge is -1.96. The van der Waals surface area contributed by atoms with Crippen LogP contribution in [0.5, 0.6) is 0 Å². The Bertz CT molecular complexity index is 569. The molecule has 1 aliphatic heterocycles. The Balaban J connectivity index is 2.15. The van der Waals surface area contributed by atoms with Crippen molar-refractivity contribution in [2.45, 2.75) is 0 Å². The zero-order valence-corrected chi connectivity index (χ0v) is 8.98. The van der Waals surface area contributed by atoms with Crippen molar-refractivity contribution in [3.05, 3.63) is 59.7 Å². The Morgan fingerprint density at radius 3 is 1.50 bits per heavy atom. The van der Waals surface area contributed by atoms with E-state index in [1.807, 2.05) is 0 Å². The minimum atomic E-state index is 1.21. The van der Waals surface area contributed by atoms with Gasteiger partial charge in [0.15, 0.2) is 0 Å². The minimum Gasteiger partial charge on any atom is -0.216 e. The van der Waals surface area contributed by atoms with Crippen LogP contribution in [-0.2, 0) is 0 Å². The highest BCUT2D eigenvalue weighted by Gasteiger charge is 2.36. The monoisotopic (exact) mass is 206 g/mol. The predicted molar refractivity (Wildman–Crippen MR) is 65.1 cm³/mol. The molecule has 16 heavy (non-hydrogen) atoms. The average molecular weight is 206 g/mol. The quantitative estimate of drug-likeness (QED) is 0.393. The van der Waals surface area contributed by atoms with E-state index in [0.29, 0.717) is 0 Å². The Labute approximate surface area is 94.7 Å². The Hall–Kier alpha value is -1.89. The molecule has 1 heteroatoms. The van der Waals surface area contributed by atoms with Crippen LogP contribution in [0.2, 0.25) is 0 Å². The van der Waals surface area contributed by atoms with E-state index in [-0.39, 0.29) is 0 Å². The molecule has 1 saturated heterocycles. The maximum absolute atomic E-state index is 2.45. The summed E-state index contributed by atoms with van der Waals surface area (Å²) in [6.45, 7) is 2.41. The fraction of sp³-hybridized carbons (Fsp3) is 0.133.